The number of allylic oxidation sites excluding steroid dienone is 2. The van der Waals surface area contributed by atoms with Crippen LogP contribution in [0.25, 0.3) is 0 Å². The summed E-state index contributed by atoms with van der Waals surface area (Å²) in [5.41, 5.74) is 0. The number of hydrogen-bond acceptors (Lipinski definition) is 4. The van der Waals surface area contributed by atoms with E-state index in [0.717, 1.165) is 38.5 Å². The first-order valence-corrected chi connectivity index (χ1v) is 11.8. The first-order chi connectivity index (χ1) is 14.5. The number of nitrogens with zero attached hydrogens (tertiary/aromatic N) is 2. The molecule has 0 radical (unpaired) electrons. The lowest BCUT2D eigenvalue weighted by Crippen LogP contribution is -2.37. The summed E-state index contributed by atoms with van der Waals surface area (Å²) in [5, 5.41) is 0. The normalized spacial score (nSPS) is 44.0. The van der Waals surface area contributed by atoms with Crippen LogP contribution in [0.2, 0.25) is 0 Å². The predicted molar refractivity (Wildman–Crippen MR) is 107 cm³/mol. The molecule has 5 fully saturated rings. The van der Waals surface area contributed by atoms with Gasteiger partial charge in [0.2, 0.25) is 23.6 Å². The van der Waals surface area contributed by atoms with Gasteiger partial charge in [-0.05, 0) is 68.1 Å². The molecule has 160 valence electrons. The van der Waals surface area contributed by atoms with Crippen molar-refractivity contribution >= 4 is 23.6 Å². The summed E-state index contributed by atoms with van der Waals surface area (Å²) in [7, 11) is 0. The first kappa shape index (κ1) is 18.8. The van der Waals surface area contributed by atoms with Gasteiger partial charge in [0, 0.05) is 13.1 Å². The second-order valence-electron chi connectivity index (χ2n) is 10.7. The van der Waals surface area contributed by atoms with Crippen LogP contribution in [-0.4, -0.2) is 46.5 Å². The maximum Gasteiger partial charge on any atom is 0.233 e. The molecule has 4 bridgehead atoms. The van der Waals surface area contributed by atoms with E-state index in [1.807, 2.05) is 0 Å². The number of imide groups is 2. The van der Waals surface area contributed by atoms with E-state index in [2.05, 4.69) is 19.1 Å². The second-order valence-corrected chi connectivity index (χ2v) is 10.7. The molecule has 4 amide bonds. The topological polar surface area (TPSA) is 74.8 Å². The first-order valence-electron chi connectivity index (χ1n) is 11.8. The molecule has 0 spiro atoms. The summed E-state index contributed by atoms with van der Waals surface area (Å²) in [5.74, 6) is 1.34. The van der Waals surface area contributed by atoms with E-state index in [9.17, 15) is 19.2 Å². The molecular weight excluding hydrogens is 380 g/mol. The molecule has 3 saturated carbocycles. The van der Waals surface area contributed by atoms with Gasteiger partial charge in [0.05, 0.1) is 23.7 Å². The Bertz CT molecular complexity index is 807. The van der Waals surface area contributed by atoms with E-state index in [-0.39, 0.29) is 65.1 Å². The molecule has 6 rings (SSSR count). The summed E-state index contributed by atoms with van der Waals surface area (Å²) in [6.45, 7) is 3.01. The van der Waals surface area contributed by atoms with Gasteiger partial charge in [-0.1, -0.05) is 19.1 Å². The third-order valence-corrected chi connectivity index (χ3v) is 9.15. The number of carbonyl (C=O) groups excluding carboxylic acids is 4. The highest BCUT2D eigenvalue weighted by Crippen LogP contribution is 2.56. The molecule has 9 unspecified atom stereocenters. The number of carbonyl (C=O) groups is 4. The maximum atomic E-state index is 12.9. The fourth-order valence-electron chi connectivity index (χ4n) is 7.84. The second kappa shape index (κ2) is 6.51. The Morgan fingerprint density at radius 1 is 0.800 bits per heavy atom. The predicted octanol–water partition coefficient (Wildman–Crippen LogP) is 2.24. The molecule has 6 nitrogen and oxygen atoms in total. The zero-order valence-electron chi connectivity index (χ0n) is 17.5. The minimum Gasteiger partial charge on any atom is -0.282 e. The zero-order valence-corrected chi connectivity index (χ0v) is 17.5. The van der Waals surface area contributed by atoms with Crippen LogP contribution in [0.15, 0.2) is 12.2 Å². The molecule has 2 heterocycles. The van der Waals surface area contributed by atoms with Gasteiger partial charge in [0.15, 0.2) is 0 Å². The number of likely N-dealkylation sites (tertiary alicyclic amines) is 2. The van der Waals surface area contributed by atoms with Gasteiger partial charge in [-0.15, -0.1) is 0 Å². The lowest BCUT2D eigenvalue weighted by Gasteiger charge is -2.22. The van der Waals surface area contributed by atoms with Crippen LogP contribution < -0.4 is 0 Å². The molecule has 2 saturated heterocycles. The SMILES string of the molecule is CC(CCCN1C(=O)C2C3C=CC(C3)C2C1=O)CN1C(=O)C2C3CCC(C3)C2C1=O. The highest BCUT2D eigenvalue weighted by molar-refractivity contribution is 6.07. The highest BCUT2D eigenvalue weighted by Gasteiger charge is 2.61. The van der Waals surface area contributed by atoms with Gasteiger partial charge in [0.25, 0.3) is 0 Å². The summed E-state index contributed by atoms with van der Waals surface area (Å²) in [6.07, 6.45) is 10.00. The fraction of sp³-hybridized carbons (Fsp3) is 0.750. The molecule has 0 aromatic heterocycles. The van der Waals surface area contributed by atoms with E-state index in [1.165, 1.54) is 9.80 Å². The Labute approximate surface area is 177 Å². The van der Waals surface area contributed by atoms with E-state index in [4.69, 9.17) is 0 Å². The van der Waals surface area contributed by atoms with Crippen molar-refractivity contribution in [2.24, 2.45) is 53.3 Å². The minimum absolute atomic E-state index is 0.0164. The lowest BCUT2D eigenvalue weighted by atomic mass is 9.81. The van der Waals surface area contributed by atoms with Crippen molar-refractivity contribution in [1.82, 2.24) is 9.80 Å². The van der Waals surface area contributed by atoms with Crippen LogP contribution in [0.3, 0.4) is 0 Å². The molecule has 0 N–H and O–H groups in total. The molecule has 0 aromatic carbocycles. The van der Waals surface area contributed by atoms with Crippen LogP contribution in [0.5, 0.6) is 0 Å². The molecule has 9 atom stereocenters. The average Bonchev–Trinajstić information content (AvgIpc) is 3.55. The van der Waals surface area contributed by atoms with Gasteiger partial charge in [0.1, 0.15) is 0 Å². The largest absolute Gasteiger partial charge is 0.282 e. The van der Waals surface area contributed by atoms with Crippen LogP contribution in [0.4, 0.5) is 0 Å². The molecule has 4 aliphatic carbocycles. The number of fused-ring (bicyclic) bond motifs is 10. The molecule has 2 aliphatic heterocycles. The van der Waals surface area contributed by atoms with Crippen molar-refractivity contribution in [3.8, 4) is 0 Å². The van der Waals surface area contributed by atoms with Crippen molar-refractivity contribution in [2.45, 2.75) is 45.4 Å². The van der Waals surface area contributed by atoms with Crippen LogP contribution in [-0.2, 0) is 19.2 Å². The Kier molecular flexibility index (Phi) is 4.07. The van der Waals surface area contributed by atoms with E-state index in [1.54, 1.807) is 0 Å². The fourth-order valence-corrected chi connectivity index (χ4v) is 7.84. The average molecular weight is 411 g/mol. The van der Waals surface area contributed by atoms with Gasteiger partial charge in [-0.25, -0.2) is 0 Å². The van der Waals surface area contributed by atoms with Gasteiger partial charge in [-0.3, -0.25) is 29.0 Å². The molecule has 6 aliphatic rings. The summed E-state index contributed by atoms with van der Waals surface area (Å²) < 4.78 is 0. The monoisotopic (exact) mass is 410 g/mol. The molecule has 0 aromatic rings. The van der Waals surface area contributed by atoms with Gasteiger partial charge < -0.3 is 0 Å². The van der Waals surface area contributed by atoms with Crippen LogP contribution in [0.1, 0.15) is 45.4 Å². The van der Waals surface area contributed by atoms with Crippen LogP contribution in [0, 0.1) is 53.3 Å². The van der Waals surface area contributed by atoms with E-state index < -0.39 is 0 Å². The van der Waals surface area contributed by atoms with Gasteiger partial charge >= 0.3 is 0 Å². The highest BCUT2D eigenvalue weighted by atomic mass is 16.2. The Hall–Kier alpha value is -1.98. The third-order valence-electron chi connectivity index (χ3n) is 9.15. The summed E-state index contributed by atoms with van der Waals surface area (Å²) in [4.78, 5) is 54.3. The molecule has 6 heteroatoms. The van der Waals surface area contributed by atoms with Crippen molar-refractivity contribution in [3.05, 3.63) is 12.2 Å². The van der Waals surface area contributed by atoms with E-state index >= 15 is 0 Å². The maximum absolute atomic E-state index is 12.9. The van der Waals surface area contributed by atoms with Crippen molar-refractivity contribution in [1.29, 1.82) is 0 Å². The standard InChI is InChI=1S/C24H30N2O4/c1-12(11-26-23(29)19-15-6-7-16(10-15)20(19)24(26)30)3-2-8-25-21(27)17-13-4-5-14(9-13)18(17)22(25)28/h4-5,12-20H,2-3,6-11H2,1H3. The van der Waals surface area contributed by atoms with Crippen molar-refractivity contribution in [3.63, 3.8) is 0 Å². The van der Waals surface area contributed by atoms with E-state index in [0.29, 0.717) is 24.9 Å². The summed E-state index contributed by atoms with van der Waals surface area (Å²) in [6, 6.07) is 0. The van der Waals surface area contributed by atoms with Gasteiger partial charge in [-0.2, -0.15) is 0 Å². The quantitative estimate of drug-likeness (QED) is 0.497. The van der Waals surface area contributed by atoms with Crippen molar-refractivity contribution < 1.29 is 19.2 Å². The Balaban J connectivity index is 1.03. The number of amides is 4. The minimum atomic E-state index is -0.125. The zero-order chi connectivity index (χ0) is 20.7. The van der Waals surface area contributed by atoms with Crippen molar-refractivity contribution in [2.75, 3.05) is 13.1 Å². The number of hydrogen-bond donors (Lipinski definition) is 0. The molecule has 30 heavy (non-hydrogen) atoms. The third kappa shape index (κ3) is 2.42. The number of rotatable bonds is 6. The Morgan fingerprint density at radius 2 is 1.33 bits per heavy atom. The summed E-state index contributed by atoms with van der Waals surface area (Å²) >= 11 is 0. The molecular formula is C24H30N2O4. The Morgan fingerprint density at radius 3 is 1.90 bits per heavy atom. The van der Waals surface area contributed by atoms with Crippen LogP contribution >= 0.6 is 0 Å². The smallest absolute Gasteiger partial charge is 0.233 e. The lowest BCUT2D eigenvalue weighted by molar-refractivity contribution is -0.142.